The Bertz CT molecular complexity index is 806. The lowest BCUT2D eigenvalue weighted by atomic mass is 10.1. The number of halogens is 4. The van der Waals surface area contributed by atoms with Crippen LogP contribution in [0.2, 0.25) is 0 Å². The van der Waals surface area contributed by atoms with E-state index in [1.165, 1.54) is 29.2 Å². The van der Waals surface area contributed by atoms with Gasteiger partial charge in [0.1, 0.15) is 5.82 Å². The molecule has 0 bridgehead atoms. The predicted molar refractivity (Wildman–Crippen MR) is 80.4 cm³/mol. The maximum absolute atomic E-state index is 12.9. The quantitative estimate of drug-likeness (QED) is 0.839. The Hall–Kier alpha value is -2.56. The van der Waals surface area contributed by atoms with Gasteiger partial charge in [-0.25, -0.2) is 4.39 Å². The molecule has 1 N–H and O–H groups in total. The van der Waals surface area contributed by atoms with Crippen LogP contribution >= 0.6 is 11.3 Å². The van der Waals surface area contributed by atoms with Crippen molar-refractivity contribution in [2.45, 2.75) is 12.6 Å². The predicted octanol–water partition coefficient (Wildman–Crippen LogP) is 2.69. The van der Waals surface area contributed by atoms with E-state index in [9.17, 15) is 27.2 Å². The Morgan fingerprint density at radius 3 is 2.52 bits per heavy atom. The van der Waals surface area contributed by atoms with E-state index in [4.69, 9.17) is 0 Å². The molecule has 1 aromatic heterocycles. The summed E-state index contributed by atoms with van der Waals surface area (Å²) in [5.41, 5.74) is 0.442. The number of benzene rings is 1. The van der Waals surface area contributed by atoms with Crippen LogP contribution in [0.25, 0.3) is 0 Å². The number of anilines is 2. The van der Waals surface area contributed by atoms with Crippen molar-refractivity contribution in [3.8, 4) is 0 Å². The van der Waals surface area contributed by atoms with E-state index >= 15 is 0 Å². The molecule has 0 radical (unpaired) electrons. The van der Waals surface area contributed by atoms with E-state index in [1.54, 1.807) is 0 Å². The smallest absolute Gasteiger partial charge is 0.312 e. The maximum Gasteiger partial charge on any atom is 0.445 e. The van der Waals surface area contributed by atoms with Crippen LogP contribution in [0.3, 0.4) is 0 Å². The molecule has 3 rings (SSSR count). The van der Waals surface area contributed by atoms with Crippen LogP contribution in [0, 0.1) is 11.7 Å². The van der Waals surface area contributed by atoms with Gasteiger partial charge in [0, 0.05) is 18.7 Å². The molecular weight excluding hydrogens is 364 g/mol. The van der Waals surface area contributed by atoms with E-state index in [1.807, 2.05) is 0 Å². The number of amides is 2. The van der Waals surface area contributed by atoms with Crippen molar-refractivity contribution in [1.29, 1.82) is 0 Å². The zero-order chi connectivity index (χ0) is 18.2. The van der Waals surface area contributed by atoms with Gasteiger partial charge in [-0.15, -0.1) is 10.2 Å². The van der Waals surface area contributed by atoms with Crippen molar-refractivity contribution in [2.75, 3.05) is 16.8 Å². The number of rotatable bonds is 3. The number of hydrogen-bond acceptors (Lipinski definition) is 5. The van der Waals surface area contributed by atoms with Crippen molar-refractivity contribution < 1.29 is 27.2 Å². The molecule has 2 aromatic rings. The van der Waals surface area contributed by atoms with Crippen LogP contribution in [0.4, 0.5) is 28.4 Å². The van der Waals surface area contributed by atoms with E-state index in [0.717, 1.165) is 0 Å². The van der Waals surface area contributed by atoms with Crippen LogP contribution in [0.15, 0.2) is 24.3 Å². The van der Waals surface area contributed by atoms with E-state index in [2.05, 4.69) is 15.5 Å². The minimum absolute atomic E-state index is 0.0429. The molecule has 1 aliphatic heterocycles. The summed E-state index contributed by atoms with van der Waals surface area (Å²) in [6.45, 7) is 0.0429. The molecule has 6 nitrogen and oxygen atoms in total. The first-order valence-corrected chi connectivity index (χ1v) is 7.83. The second kappa shape index (κ2) is 6.39. The monoisotopic (exact) mass is 374 g/mol. The van der Waals surface area contributed by atoms with E-state index in [-0.39, 0.29) is 35.3 Å². The Morgan fingerprint density at radius 1 is 1.24 bits per heavy atom. The summed E-state index contributed by atoms with van der Waals surface area (Å²) >= 11 is 0.207. The molecule has 2 amide bonds. The number of carbonyl (C=O) groups is 2. The molecule has 1 aliphatic rings. The molecule has 1 unspecified atom stereocenters. The minimum Gasteiger partial charge on any atom is -0.312 e. The standard InChI is InChI=1S/C14H10F4N4O2S/c15-8-1-3-9(4-2-8)22-6-7(5-10(22)23)11(24)19-13-21-20-12(25-13)14(16,17)18/h1-4,7H,5-6H2,(H,19,21,24). The van der Waals surface area contributed by atoms with E-state index < -0.39 is 28.8 Å². The first-order chi connectivity index (χ1) is 11.7. The second-order valence-electron chi connectivity index (χ2n) is 5.28. The third-order valence-corrected chi connectivity index (χ3v) is 4.42. The molecule has 132 valence electrons. The minimum atomic E-state index is -4.64. The number of alkyl halides is 3. The first-order valence-electron chi connectivity index (χ1n) is 7.01. The Labute approximate surface area is 142 Å². The molecule has 0 saturated carbocycles. The molecule has 0 spiro atoms. The molecule has 1 aromatic carbocycles. The van der Waals surface area contributed by atoms with Crippen LogP contribution < -0.4 is 10.2 Å². The number of aromatic nitrogens is 2. The van der Waals surface area contributed by atoms with Gasteiger partial charge in [-0.1, -0.05) is 11.3 Å². The highest BCUT2D eigenvalue weighted by Crippen LogP contribution is 2.33. The van der Waals surface area contributed by atoms with Gasteiger partial charge >= 0.3 is 6.18 Å². The number of nitrogens with zero attached hydrogens (tertiary/aromatic N) is 3. The Morgan fingerprint density at radius 2 is 1.92 bits per heavy atom. The average Bonchev–Trinajstić information content (AvgIpc) is 3.15. The lowest BCUT2D eigenvalue weighted by molar-refractivity contribution is -0.138. The zero-order valence-electron chi connectivity index (χ0n) is 12.4. The molecule has 1 saturated heterocycles. The zero-order valence-corrected chi connectivity index (χ0v) is 13.2. The Kier molecular flexibility index (Phi) is 4.41. The van der Waals surface area contributed by atoms with Crippen LogP contribution in [-0.2, 0) is 15.8 Å². The van der Waals surface area contributed by atoms with Crippen molar-refractivity contribution >= 4 is 34.0 Å². The summed E-state index contributed by atoms with van der Waals surface area (Å²) in [6, 6.07) is 5.20. The van der Waals surface area contributed by atoms with Gasteiger partial charge in [0.2, 0.25) is 22.0 Å². The second-order valence-corrected chi connectivity index (χ2v) is 6.26. The lowest BCUT2D eigenvalue weighted by Gasteiger charge is -2.16. The van der Waals surface area contributed by atoms with Crippen molar-refractivity contribution in [1.82, 2.24) is 10.2 Å². The van der Waals surface area contributed by atoms with Gasteiger partial charge < -0.3 is 10.2 Å². The molecule has 1 atom stereocenters. The summed E-state index contributed by atoms with van der Waals surface area (Å²) in [7, 11) is 0. The van der Waals surface area contributed by atoms with Crippen molar-refractivity contribution in [2.24, 2.45) is 5.92 Å². The topological polar surface area (TPSA) is 75.2 Å². The normalized spacial score (nSPS) is 17.8. The first kappa shape index (κ1) is 17.3. The SMILES string of the molecule is O=C(Nc1nnc(C(F)(F)F)s1)C1CC(=O)N(c2ccc(F)cc2)C1. The van der Waals surface area contributed by atoms with E-state index in [0.29, 0.717) is 5.69 Å². The van der Waals surface area contributed by atoms with Gasteiger partial charge in [0.15, 0.2) is 0 Å². The molecule has 1 fully saturated rings. The van der Waals surface area contributed by atoms with Crippen LogP contribution in [0.1, 0.15) is 11.4 Å². The average molecular weight is 374 g/mol. The fourth-order valence-corrected chi connectivity index (χ4v) is 2.96. The molecule has 2 heterocycles. The number of nitrogens with one attached hydrogen (secondary N) is 1. The third kappa shape index (κ3) is 3.76. The van der Waals surface area contributed by atoms with Gasteiger partial charge in [0.05, 0.1) is 5.92 Å². The lowest BCUT2D eigenvalue weighted by Crippen LogP contribution is -2.28. The Balaban J connectivity index is 1.66. The van der Waals surface area contributed by atoms with Crippen molar-refractivity contribution in [3.63, 3.8) is 0 Å². The highest BCUT2D eigenvalue weighted by molar-refractivity contribution is 7.15. The fourth-order valence-electron chi connectivity index (χ4n) is 2.35. The number of carbonyl (C=O) groups excluding carboxylic acids is 2. The van der Waals surface area contributed by atoms with Crippen LogP contribution in [0.5, 0.6) is 0 Å². The maximum atomic E-state index is 12.9. The fraction of sp³-hybridized carbons (Fsp3) is 0.286. The molecular formula is C14H10F4N4O2S. The largest absolute Gasteiger partial charge is 0.445 e. The van der Waals surface area contributed by atoms with Gasteiger partial charge in [0.25, 0.3) is 0 Å². The summed E-state index contributed by atoms with van der Waals surface area (Å²) in [5, 5.41) is 7.03. The summed E-state index contributed by atoms with van der Waals surface area (Å²) in [4.78, 5) is 25.5. The highest BCUT2D eigenvalue weighted by Gasteiger charge is 2.38. The summed E-state index contributed by atoms with van der Waals surface area (Å²) in [5.74, 6) is -2.17. The number of hydrogen-bond donors (Lipinski definition) is 1. The summed E-state index contributed by atoms with van der Waals surface area (Å²) < 4.78 is 50.4. The third-order valence-electron chi connectivity index (χ3n) is 3.53. The van der Waals surface area contributed by atoms with Gasteiger partial charge in [-0.05, 0) is 24.3 Å². The van der Waals surface area contributed by atoms with Gasteiger partial charge in [-0.2, -0.15) is 13.2 Å². The molecule has 11 heteroatoms. The van der Waals surface area contributed by atoms with Crippen LogP contribution in [-0.4, -0.2) is 28.6 Å². The molecule has 25 heavy (non-hydrogen) atoms. The molecule has 0 aliphatic carbocycles. The summed E-state index contributed by atoms with van der Waals surface area (Å²) in [6.07, 6.45) is -4.74. The van der Waals surface area contributed by atoms with Crippen molar-refractivity contribution in [3.05, 3.63) is 35.1 Å². The highest BCUT2D eigenvalue weighted by atomic mass is 32.1. The van der Waals surface area contributed by atoms with Gasteiger partial charge in [-0.3, -0.25) is 9.59 Å².